The highest BCUT2D eigenvalue weighted by atomic mass is 16.5. The summed E-state index contributed by atoms with van der Waals surface area (Å²) in [7, 11) is 0. The van der Waals surface area contributed by atoms with Crippen molar-refractivity contribution in [3.8, 4) is 28.7 Å². The molecule has 0 bridgehead atoms. The van der Waals surface area contributed by atoms with E-state index < -0.39 is 0 Å². The van der Waals surface area contributed by atoms with E-state index in [4.69, 9.17) is 4.74 Å². The second-order valence-electron chi connectivity index (χ2n) is 8.43. The van der Waals surface area contributed by atoms with Crippen molar-refractivity contribution >= 4 is 0 Å². The Morgan fingerprint density at radius 1 is 0.793 bits per heavy atom. The van der Waals surface area contributed by atoms with Gasteiger partial charge in [-0.1, -0.05) is 75.6 Å². The van der Waals surface area contributed by atoms with Gasteiger partial charge in [-0.25, -0.2) is 0 Å². The van der Waals surface area contributed by atoms with Crippen LogP contribution in [0.3, 0.4) is 0 Å². The molecule has 0 unspecified atom stereocenters. The van der Waals surface area contributed by atoms with E-state index >= 15 is 0 Å². The van der Waals surface area contributed by atoms with Gasteiger partial charge in [-0.15, -0.1) is 0 Å². The van der Waals surface area contributed by atoms with Crippen molar-refractivity contribution < 1.29 is 4.74 Å². The monoisotopic (exact) mass is 388 g/mol. The lowest BCUT2D eigenvalue weighted by molar-refractivity contribution is 0.296. The summed E-state index contributed by atoms with van der Waals surface area (Å²) >= 11 is 0. The Morgan fingerprint density at radius 3 is 2.03 bits per heavy atom. The number of hydrogen-bond acceptors (Lipinski definition) is 1. The fourth-order valence-corrected chi connectivity index (χ4v) is 4.10. The van der Waals surface area contributed by atoms with Gasteiger partial charge in [-0.05, 0) is 73.4 Å². The van der Waals surface area contributed by atoms with Crippen LogP contribution in [0.4, 0.5) is 0 Å². The van der Waals surface area contributed by atoms with Crippen LogP contribution in [0.1, 0.15) is 77.2 Å². The summed E-state index contributed by atoms with van der Waals surface area (Å²) < 4.78 is 5.75. The normalized spacial score (nSPS) is 18.7. The summed E-state index contributed by atoms with van der Waals surface area (Å²) in [6, 6.07) is 17.1. The molecule has 1 nitrogen and oxygen atoms in total. The molecule has 0 saturated heterocycles. The average Bonchev–Trinajstić information content (AvgIpc) is 2.78. The van der Waals surface area contributed by atoms with Gasteiger partial charge in [0.25, 0.3) is 0 Å². The van der Waals surface area contributed by atoms with Crippen LogP contribution in [0.5, 0.6) is 5.75 Å². The number of hydrogen-bond donors (Lipinski definition) is 0. The summed E-state index contributed by atoms with van der Waals surface area (Å²) in [4.78, 5) is 0. The van der Waals surface area contributed by atoms with Gasteiger partial charge in [0.05, 0.1) is 6.61 Å². The van der Waals surface area contributed by atoms with Crippen LogP contribution in [0.15, 0.2) is 48.5 Å². The van der Waals surface area contributed by atoms with E-state index in [1.54, 1.807) is 0 Å². The third-order valence-electron chi connectivity index (χ3n) is 6.07. The molecule has 1 aliphatic rings. The molecule has 29 heavy (non-hydrogen) atoms. The Kier molecular flexibility index (Phi) is 8.69. The molecule has 0 spiro atoms. The van der Waals surface area contributed by atoms with E-state index in [2.05, 4.69) is 74.2 Å². The standard InChI is InChI=1S/C28H36O/c1-3-5-7-23-8-10-24(11-9-23)12-13-25-14-16-26(17-15-25)27-18-20-28(21-19-27)29-22-6-4-2/h14-21,23-24H,3-11,22H2,1-2H3. The van der Waals surface area contributed by atoms with Crippen molar-refractivity contribution in [3.63, 3.8) is 0 Å². The Hall–Kier alpha value is -2.20. The smallest absolute Gasteiger partial charge is 0.119 e. The molecule has 0 aromatic heterocycles. The molecule has 0 N–H and O–H groups in total. The van der Waals surface area contributed by atoms with Crippen LogP contribution in [0.25, 0.3) is 11.1 Å². The third-order valence-corrected chi connectivity index (χ3v) is 6.07. The van der Waals surface area contributed by atoms with Crippen LogP contribution in [-0.2, 0) is 0 Å². The van der Waals surface area contributed by atoms with Crippen molar-refractivity contribution in [2.75, 3.05) is 6.61 Å². The first-order valence-corrected chi connectivity index (χ1v) is 11.6. The fraction of sp³-hybridized carbons (Fsp3) is 0.500. The molecule has 0 radical (unpaired) electrons. The van der Waals surface area contributed by atoms with E-state index in [0.717, 1.165) is 36.7 Å². The van der Waals surface area contributed by atoms with Gasteiger partial charge in [0.1, 0.15) is 5.75 Å². The quantitative estimate of drug-likeness (QED) is 0.330. The zero-order valence-corrected chi connectivity index (χ0v) is 18.3. The summed E-state index contributed by atoms with van der Waals surface area (Å²) in [5.41, 5.74) is 3.58. The molecule has 154 valence electrons. The van der Waals surface area contributed by atoms with Gasteiger partial charge in [0, 0.05) is 11.5 Å². The van der Waals surface area contributed by atoms with Gasteiger partial charge < -0.3 is 4.74 Å². The summed E-state index contributed by atoms with van der Waals surface area (Å²) in [5.74, 6) is 9.46. The molecule has 1 heteroatoms. The van der Waals surface area contributed by atoms with Crippen LogP contribution in [0.2, 0.25) is 0 Å². The first-order chi connectivity index (χ1) is 14.3. The number of unbranched alkanes of at least 4 members (excludes halogenated alkanes) is 2. The molecule has 2 aromatic carbocycles. The minimum Gasteiger partial charge on any atom is -0.494 e. The van der Waals surface area contributed by atoms with Crippen LogP contribution < -0.4 is 4.74 Å². The first-order valence-electron chi connectivity index (χ1n) is 11.6. The third kappa shape index (κ3) is 6.97. The maximum atomic E-state index is 5.75. The lowest BCUT2D eigenvalue weighted by Gasteiger charge is -2.25. The zero-order chi connectivity index (χ0) is 20.3. The molecule has 1 aliphatic carbocycles. The van der Waals surface area contributed by atoms with Crippen molar-refractivity contribution in [1.29, 1.82) is 0 Å². The molecule has 0 heterocycles. The average molecular weight is 389 g/mol. The van der Waals surface area contributed by atoms with Gasteiger partial charge >= 0.3 is 0 Å². The highest BCUT2D eigenvalue weighted by Crippen LogP contribution is 2.31. The minimum absolute atomic E-state index is 0.591. The SMILES string of the molecule is CCCCOc1ccc(-c2ccc(C#CC3CCC(CCCC)CC3)cc2)cc1. The van der Waals surface area contributed by atoms with Crippen molar-refractivity contribution in [1.82, 2.24) is 0 Å². The Morgan fingerprint density at radius 2 is 1.41 bits per heavy atom. The lowest BCUT2D eigenvalue weighted by Crippen LogP contribution is -2.13. The molecular weight excluding hydrogens is 352 g/mol. The number of ether oxygens (including phenoxy) is 1. The minimum atomic E-state index is 0.591. The summed E-state index contributed by atoms with van der Waals surface area (Å²) in [6.45, 7) is 5.27. The second kappa shape index (κ2) is 11.7. The van der Waals surface area contributed by atoms with E-state index in [0.29, 0.717) is 5.92 Å². The predicted molar refractivity (Wildman–Crippen MR) is 124 cm³/mol. The lowest BCUT2D eigenvalue weighted by atomic mass is 9.80. The largest absolute Gasteiger partial charge is 0.494 e. The topological polar surface area (TPSA) is 9.23 Å². The molecule has 3 rings (SSSR count). The predicted octanol–water partition coefficient (Wildman–Crippen LogP) is 7.88. The first kappa shape index (κ1) is 21.5. The second-order valence-corrected chi connectivity index (χ2v) is 8.43. The van der Waals surface area contributed by atoms with E-state index in [9.17, 15) is 0 Å². The molecule has 0 amide bonds. The maximum Gasteiger partial charge on any atom is 0.119 e. The summed E-state index contributed by atoms with van der Waals surface area (Å²) in [6.07, 6.45) is 11.7. The molecule has 0 atom stereocenters. The van der Waals surface area contributed by atoms with Gasteiger partial charge in [-0.3, -0.25) is 0 Å². The van der Waals surface area contributed by atoms with Gasteiger partial charge in [0.15, 0.2) is 0 Å². The van der Waals surface area contributed by atoms with E-state index in [1.165, 1.54) is 56.1 Å². The Labute approximate surface area is 177 Å². The molecule has 0 aliphatic heterocycles. The highest BCUT2D eigenvalue weighted by molar-refractivity contribution is 5.65. The zero-order valence-electron chi connectivity index (χ0n) is 18.3. The maximum absolute atomic E-state index is 5.75. The van der Waals surface area contributed by atoms with Crippen LogP contribution in [0, 0.1) is 23.7 Å². The van der Waals surface area contributed by atoms with Crippen molar-refractivity contribution in [2.24, 2.45) is 11.8 Å². The Balaban J connectivity index is 1.51. The van der Waals surface area contributed by atoms with Crippen molar-refractivity contribution in [3.05, 3.63) is 54.1 Å². The highest BCUT2D eigenvalue weighted by Gasteiger charge is 2.19. The molecular formula is C28H36O. The molecule has 2 aromatic rings. The Bertz CT molecular complexity index is 768. The van der Waals surface area contributed by atoms with E-state index in [-0.39, 0.29) is 0 Å². The molecule has 1 saturated carbocycles. The van der Waals surface area contributed by atoms with Gasteiger partial charge in [0.2, 0.25) is 0 Å². The van der Waals surface area contributed by atoms with Crippen molar-refractivity contribution in [2.45, 2.75) is 71.6 Å². The number of rotatable bonds is 8. The summed E-state index contributed by atoms with van der Waals surface area (Å²) in [5, 5.41) is 0. The van der Waals surface area contributed by atoms with Crippen LogP contribution >= 0.6 is 0 Å². The number of benzene rings is 2. The van der Waals surface area contributed by atoms with Crippen LogP contribution in [-0.4, -0.2) is 6.61 Å². The fourth-order valence-electron chi connectivity index (χ4n) is 4.10. The van der Waals surface area contributed by atoms with Gasteiger partial charge in [-0.2, -0.15) is 0 Å². The molecule has 1 fully saturated rings. The van der Waals surface area contributed by atoms with E-state index in [1.807, 2.05) is 0 Å².